The average molecular weight is 280 g/mol. The number of halogens is 1. The summed E-state index contributed by atoms with van der Waals surface area (Å²) < 4.78 is 19.3. The van der Waals surface area contributed by atoms with Gasteiger partial charge < -0.3 is 15.4 Å². The number of nitrogens with zero attached hydrogens (tertiary/aromatic N) is 1. The van der Waals surface area contributed by atoms with Crippen LogP contribution in [0.1, 0.15) is 44.7 Å². The summed E-state index contributed by atoms with van der Waals surface area (Å²) in [5.41, 5.74) is 7.90. The Hall–Kier alpha value is -1.13. The third-order valence-corrected chi connectivity index (χ3v) is 3.76. The summed E-state index contributed by atoms with van der Waals surface area (Å²) in [6.45, 7) is 6.67. The molecule has 112 valence electrons. The first-order chi connectivity index (χ1) is 9.61. The van der Waals surface area contributed by atoms with Gasteiger partial charge in [0.2, 0.25) is 0 Å². The summed E-state index contributed by atoms with van der Waals surface area (Å²) in [6, 6.07) is 4.74. The second-order valence-electron chi connectivity index (χ2n) is 5.57. The highest BCUT2D eigenvalue weighted by Crippen LogP contribution is 2.29. The molecule has 1 aliphatic heterocycles. The maximum Gasteiger partial charge on any atom is 0.123 e. The molecule has 1 heterocycles. The van der Waals surface area contributed by atoms with Gasteiger partial charge in [0.1, 0.15) is 5.82 Å². The van der Waals surface area contributed by atoms with Gasteiger partial charge in [-0.15, -0.1) is 0 Å². The fourth-order valence-corrected chi connectivity index (χ4v) is 2.76. The fraction of sp³-hybridized carbons (Fsp3) is 0.625. The summed E-state index contributed by atoms with van der Waals surface area (Å²) in [5, 5.41) is 0. The third-order valence-electron chi connectivity index (χ3n) is 3.76. The van der Waals surface area contributed by atoms with Gasteiger partial charge in [-0.25, -0.2) is 4.39 Å². The highest BCUT2D eigenvalue weighted by atomic mass is 19.1. The van der Waals surface area contributed by atoms with Gasteiger partial charge in [0.05, 0.1) is 6.10 Å². The van der Waals surface area contributed by atoms with Gasteiger partial charge >= 0.3 is 0 Å². The number of rotatable bonds is 5. The minimum Gasteiger partial charge on any atom is -0.376 e. The predicted octanol–water partition coefficient (Wildman–Crippen LogP) is 3.24. The lowest BCUT2D eigenvalue weighted by Crippen LogP contribution is -2.40. The molecule has 0 amide bonds. The van der Waals surface area contributed by atoms with Crippen molar-refractivity contribution in [3.05, 3.63) is 29.6 Å². The molecule has 1 aromatic rings. The van der Waals surface area contributed by atoms with Gasteiger partial charge in [-0.05, 0) is 49.9 Å². The van der Waals surface area contributed by atoms with Crippen LogP contribution in [0.5, 0.6) is 0 Å². The molecule has 0 aromatic heterocycles. The van der Waals surface area contributed by atoms with Crippen molar-refractivity contribution in [1.82, 2.24) is 0 Å². The largest absolute Gasteiger partial charge is 0.376 e. The summed E-state index contributed by atoms with van der Waals surface area (Å²) in [4.78, 5) is 2.28. The molecule has 1 aromatic carbocycles. The zero-order valence-corrected chi connectivity index (χ0v) is 12.4. The predicted molar refractivity (Wildman–Crippen MR) is 80.5 cm³/mol. The molecule has 4 heteroatoms. The van der Waals surface area contributed by atoms with E-state index < -0.39 is 0 Å². The Labute approximate surface area is 120 Å². The normalized spacial score (nSPS) is 21.0. The minimum atomic E-state index is -0.225. The molecule has 0 aliphatic carbocycles. The summed E-state index contributed by atoms with van der Waals surface area (Å²) in [7, 11) is 0. The zero-order valence-electron chi connectivity index (χ0n) is 12.4. The van der Waals surface area contributed by atoms with Crippen LogP contribution >= 0.6 is 0 Å². The van der Waals surface area contributed by atoms with E-state index >= 15 is 0 Å². The lowest BCUT2D eigenvalue weighted by atomic mass is 10.0. The summed E-state index contributed by atoms with van der Waals surface area (Å²) in [6.07, 6.45) is 3.52. The van der Waals surface area contributed by atoms with E-state index in [1.54, 1.807) is 6.07 Å². The Morgan fingerprint density at radius 3 is 3.00 bits per heavy atom. The molecule has 1 aliphatic rings. The SMILES string of the molecule is CCCOC1CCCN(c2ccc(F)cc2C(C)N)C1. The van der Waals surface area contributed by atoms with E-state index in [1.165, 1.54) is 6.07 Å². The van der Waals surface area contributed by atoms with Crippen LogP contribution in [0, 0.1) is 5.82 Å². The van der Waals surface area contributed by atoms with Crippen molar-refractivity contribution in [3.63, 3.8) is 0 Å². The van der Waals surface area contributed by atoms with Crippen LogP contribution < -0.4 is 10.6 Å². The Morgan fingerprint density at radius 2 is 2.30 bits per heavy atom. The van der Waals surface area contributed by atoms with E-state index in [1.807, 2.05) is 13.0 Å². The highest BCUT2D eigenvalue weighted by Gasteiger charge is 2.23. The van der Waals surface area contributed by atoms with E-state index in [9.17, 15) is 4.39 Å². The van der Waals surface area contributed by atoms with E-state index in [0.717, 1.165) is 50.2 Å². The third kappa shape index (κ3) is 3.70. The number of ether oxygens (including phenoxy) is 1. The number of benzene rings is 1. The number of piperidine rings is 1. The van der Waals surface area contributed by atoms with Gasteiger partial charge in [0.15, 0.2) is 0 Å². The van der Waals surface area contributed by atoms with Crippen LogP contribution in [0.25, 0.3) is 0 Å². The quantitative estimate of drug-likeness (QED) is 0.900. The van der Waals surface area contributed by atoms with E-state index in [2.05, 4.69) is 11.8 Å². The van der Waals surface area contributed by atoms with Crippen molar-refractivity contribution in [2.45, 2.75) is 45.3 Å². The maximum atomic E-state index is 13.4. The number of hydrogen-bond donors (Lipinski definition) is 1. The van der Waals surface area contributed by atoms with Gasteiger partial charge in [0.25, 0.3) is 0 Å². The van der Waals surface area contributed by atoms with E-state index in [4.69, 9.17) is 10.5 Å². The minimum absolute atomic E-state index is 0.169. The van der Waals surface area contributed by atoms with Gasteiger partial charge in [-0.2, -0.15) is 0 Å². The molecule has 3 nitrogen and oxygen atoms in total. The monoisotopic (exact) mass is 280 g/mol. The van der Waals surface area contributed by atoms with Crippen molar-refractivity contribution in [2.75, 3.05) is 24.6 Å². The lowest BCUT2D eigenvalue weighted by molar-refractivity contribution is 0.0440. The highest BCUT2D eigenvalue weighted by molar-refractivity contribution is 5.55. The molecular formula is C16H25FN2O. The second kappa shape index (κ2) is 7.04. The van der Waals surface area contributed by atoms with Crippen molar-refractivity contribution in [3.8, 4) is 0 Å². The summed E-state index contributed by atoms with van der Waals surface area (Å²) >= 11 is 0. The first-order valence-corrected chi connectivity index (χ1v) is 7.53. The van der Waals surface area contributed by atoms with Crippen LogP contribution in [0.3, 0.4) is 0 Å². The molecular weight excluding hydrogens is 255 g/mol. The fourth-order valence-electron chi connectivity index (χ4n) is 2.76. The van der Waals surface area contributed by atoms with Gasteiger partial charge in [-0.3, -0.25) is 0 Å². The van der Waals surface area contributed by atoms with Gasteiger partial charge in [-0.1, -0.05) is 6.92 Å². The lowest BCUT2D eigenvalue weighted by Gasteiger charge is -2.36. The summed E-state index contributed by atoms with van der Waals surface area (Å²) in [5.74, 6) is -0.225. The molecule has 0 spiro atoms. The molecule has 2 atom stereocenters. The molecule has 2 rings (SSSR count). The first kappa shape index (κ1) is 15.3. The van der Waals surface area contributed by atoms with Crippen LogP contribution in [-0.4, -0.2) is 25.8 Å². The standard InChI is InChI=1S/C16H25FN2O/c1-3-9-20-14-5-4-8-19(11-14)16-7-6-13(17)10-15(16)12(2)18/h6-7,10,12,14H,3-5,8-9,11,18H2,1-2H3. The Bertz CT molecular complexity index is 436. The Morgan fingerprint density at radius 1 is 1.50 bits per heavy atom. The molecule has 0 radical (unpaired) electrons. The molecule has 1 saturated heterocycles. The topological polar surface area (TPSA) is 38.5 Å². The average Bonchev–Trinajstić information content (AvgIpc) is 2.45. The second-order valence-corrected chi connectivity index (χ2v) is 5.57. The molecule has 20 heavy (non-hydrogen) atoms. The van der Waals surface area contributed by atoms with Gasteiger partial charge in [0, 0.05) is 31.4 Å². The molecule has 2 unspecified atom stereocenters. The van der Waals surface area contributed by atoms with Crippen LogP contribution in [0.15, 0.2) is 18.2 Å². The zero-order chi connectivity index (χ0) is 14.5. The number of anilines is 1. The van der Waals surface area contributed by atoms with Crippen molar-refractivity contribution in [1.29, 1.82) is 0 Å². The molecule has 0 bridgehead atoms. The van der Waals surface area contributed by atoms with Crippen molar-refractivity contribution >= 4 is 5.69 Å². The van der Waals surface area contributed by atoms with Crippen LogP contribution in [0.4, 0.5) is 10.1 Å². The van der Waals surface area contributed by atoms with Crippen LogP contribution in [0.2, 0.25) is 0 Å². The van der Waals surface area contributed by atoms with E-state index in [-0.39, 0.29) is 18.0 Å². The number of hydrogen-bond acceptors (Lipinski definition) is 3. The molecule has 0 saturated carbocycles. The number of nitrogens with two attached hydrogens (primary N) is 1. The van der Waals surface area contributed by atoms with Crippen molar-refractivity contribution < 1.29 is 9.13 Å². The smallest absolute Gasteiger partial charge is 0.123 e. The molecule has 1 fully saturated rings. The first-order valence-electron chi connectivity index (χ1n) is 7.53. The van der Waals surface area contributed by atoms with Crippen molar-refractivity contribution in [2.24, 2.45) is 5.73 Å². The maximum absolute atomic E-state index is 13.4. The Kier molecular flexibility index (Phi) is 5.38. The van der Waals surface area contributed by atoms with Crippen LogP contribution in [-0.2, 0) is 4.74 Å². The Balaban J connectivity index is 2.14. The molecule has 2 N–H and O–H groups in total. The van der Waals surface area contributed by atoms with E-state index in [0.29, 0.717) is 0 Å².